The predicted octanol–water partition coefficient (Wildman–Crippen LogP) is 2.28. The Morgan fingerprint density at radius 1 is 1.19 bits per heavy atom. The van der Waals surface area contributed by atoms with Gasteiger partial charge in [-0.1, -0.05) is 0 Å². The summed E-state index contributed by atoms with van der Waals surface area (Å²) in [5.74, 6) is -1.97. The van der Waals surface area contributed by atoms with Crippen LogP contribution in [0.5, 0.6) is 0 Å². The van der Waals surface area contributed by atoms with E-state index in [-0.39, 0.29) is 11.4 Å². The third-order valence-electron chi connectivity index (χ3n) is 3.01. The van der Waals surface area contributed by atoms with Gasteiger partial charge >= 0.3 is 0 Å². The molecular formula is C14H10F2N4O. The van der Waals surface area contributed by atoms with Crippen LogP contribution in [-0.2, 0) is 0 Å². The van der Waals surface area contributed by atoms with Gasteiger partial charge in [-0.3, -0.25) is 4.79 Å². The van der Waals surface area contributed by atoms with Crippen LogP contribution in [0.2, 0.25) is 0 Å². The van der Waals surface area contributed by atoms with E-state index in [4.69, 9.17) is 0 Å². The zero-order valence-electron chi connectivity index (χ0n) is 11.0. The molecule has 2 heterocycles. The minimum Gasteiger partial charge on any atom is -0.310 e. The summed E-state index contributed by atoms with van der Waals surface area (Å²) < 4.78 is 27.9. The van der Waals surface area contributed by atoms with E-state index in [1.54, 1.807) is 18.5 Å². The van der Waals surface area contributed by atoms with Gasteiger partial charge < -0.3 is 4.90 Å². The Morgan fingerprint density at radius 2 is 1.90 bits per heavy atom. The molecule has 0 unspecified atom stereocenters. The van der Waals surface area contributed by atoms with Gasteiger partial charge in [-0.2, -0.15) is 5.10 Å². The number of rotatable bonds is 2. The summed E-state index contributed by atoms with van der Waals surface area (Å²) in [4.78, 5) is 17.5. The highest BCUT2D eigenvalue weighted by Crippen LogP contribution is 2.18. The topological polar surface area (TPSA) is 50.5 Å². The highest BCUT2D eigenvalue weighted by molar-refractivity contribution is 6.04. The molecule has 0 saturated heterocycles. The summed E-state index contributed by atoms with van der Waals surface area (Å²) in [5, 5.41) is 4.10. The Balaban J connectivity index is 1.96. The first-order chi connectivity index (χ1) is 10.0. The van der Waals surface area contributed by atoms with Crippen LogP contribution in [0.4, 0.5) is 14.5 Å². The number of carbonyl (C=O) groups is 1. The van der Waals surface area contributed by atoms with Gasteiger partial charge in [0.2, 0.25) is 0 Å². The molecule has 0 spiro atoms. The van der Waals surface area contributed by atoms with Crippen molar-refractivity contribution in [3.63, 3.8) is 0 Å². The van der Waals surface area contributed by atoms with Crippen LogP contribution in [0.1, 0.15) is 10.5 Å². The van der Waals surface area contributed by atoms with Gasteiger partial charge in [0.25, 0.3) is 5.91 Å². The second kappa shape index (κ2) is 4.93. The average molecular weight is 288 g/mol. The van der Waals surface area contributed by atoms with Gasteiger partial charge in [0.05, 0.1) is 0 Å². The van der Waals surface area contributed by atoms with Crippen LogP contribution in [-0.4, -0.2) is 27.6 Å². The molecule has 0 saturated carbocycles. The molecule has 0 aliphatic rings. The molecule has 21 heavy (non-hydrogen) atoms. The maximum absolute atomic E-state index is 13.2. The number of imidazole rings is 1. The van der Waals surface area contributed by atoms with Crippen molar-refractivity contribution in [3.8, 4) is 0 Å². The molecule has 0 fully saturated rings. The van der Waals surface area contributed by atoms with E-state index in [9.17, 15) is 13.6 Å². The Kier molecular flexibility index (Phi) is 3.09. The van der Waals surface area contributed by atoms with Crippen LogP contribution in [0.3, 0.4) is 0 Å². The van der Waals surface area contributed by atoms with E-state index in [0.717, 1.165) is 23.1 Å². The lowest BCUT2D eigenvalue weighted by Gasteiger charge is -2.17. The number of hydrogen-bond acceptors (Lipinski definition) is 3. The van der Waals surface area contributed by atoms with Gasteiger partial charge in [0.1, 0.15) is 17.3 Å². The Morgan fingerprint density at radius 3 is 2.62 bits per heavy atom. The number of anilines is 1. The maximum Gasteiger partial charge on any atom is 0.278 e. The number of aromatic nitrogens is 3. The lowest BCUT2D eigenvalue weighted by molar-refractivity contribution is 0.0987. The zero-order valence-corrected chi connectivity index (χ0v) is 11.0. The largest absolute Gasteiger partial charge is 0.310 e. The first kappa shape index (κ1) is 13.2. The summed E-state index contributed by atoms with van der Waals surface area (Å²) >= 11 is 0. The summed E-state index contributed by atoms with van der Waals surface area (Å²) in [7, 11) is 1.43. The quantitative estimate of drug-likeness (QED) is 0.727. The van der Waals surface area contributed by atoms with E-state index in [1.165, 1.54) is 17.6 Å². The molecule has 106 valence electrons. The van der Waals surface area contributed by atoms with Crippen molar-refractivity contribution in [1.82, 2.24) is 14.6 Å². The smallest absolute Gasteiger partial charge is 0.278 e. The molecule has 2 aromatic heterocycles. The van der Waals surface area contributed by atoms with Crippen LogP contribution in [0.25, 0.3) is 5.65 Å². The second-order valence-electron chi connectivity index (χ2n) is 4.44. The molecule has 0 aliphatic heterocycles. The fourth-order valence-corrected chi connectivity index (χ4v) is 1.95. The van der Waals surface area contributed by atoms with Crippen LogP contribution in [0.15, 0.2) is 42.7 Å². The molecule has 0 N–H and O–H groups in total. The third-order valence-corrected chi connectivity index (χ3v) is 3.01. The van der Waals surface area contributed by atoms with Crippen molar-refractivity contribution in [2.75, 3.05) is 11.9 Å². The van der Waals surface area contributed by atoms with Gasteiger partial charge in [0.15, 0.2) is 5.65 Å². The predicted molar refractivity (Wildman–Crippen MR) is 72.1 cm³/mol. The number of fused-ring (bicyclic) bond motifs is 1. The van der Waals surface area contributed by atoms with E-state index >= 15 is 0 Å². The highest BCUT2D eigenvalue weighted by Gasteiger charge is 2.17. The lowest BCUT2D eigenvalue weighted by Crippen LogP contribution is -2.27. The van der Waals surface area contributed by atoms with Crippen LogP contribution < -0.4 is 4.90 Å². The molecule has 3 aromatic rings. The Hall–Kier alpha value is -2.83. The Labute approximate surface area is 118 Å². The number of nitrogens with zero attached hydrogens (tertiary/aromatic N) is 4. The summed E-state index contributed by atoms with van der Waals surface area (Å²) in [6, 6.07) is 6.06. The van der Waals surface area contributed by atoms with Crippen molar-refractivity contribution in [1.29, 1.82) is 0 Å². The molecule has 1 amide bonds. The van der Waals surface area contributed by atoms with Crippen molar-refractivity contribution in [2.45, 2.75) is 0 Å². The monoisotopic (exact) mass is 288 g/mol. The van der Waals surface area contributed by atoms with Gasteiger partial charge in [-0.15, -0.1) is 0 Å². The number of benzene rings is 1. The molecule has 7 heteroatoms. The number of amides is 1. The summed E-state index contributed by atoms with van der Waals surface area (Å²) in [5.41, 5.74) is 0.865. The fourth-order valence-electron chi connectivity index (χ4n) is 1.95. The lowest BCUT2D eigenvalue weighted by atomic mass is 10.2. The normalized spacial score (nSPS) is 10.8. The summed E-state index contributed by atoms with van der Waals surface area (Å²) in [6.45, 7) is 0. The SMILES string of the molecule is CN(C(=O)c1ccc2nccn2n1)c1cc(F)cc(F)c1. The van der Waals surface area contributed by atoms with Crippen LogP contribution >= 0.6 is 0 Å². The molecule has 0 aliphatic carbocycles. The minimum atomic E-state index is -0.748. The second-order valence-corrected chi connectivity index (χ2v) is 4.44. The van der Waals surface area contributed by atoms with Crippen molar-refractivity contribution in [2.24, 2.45) is 0 Å². The first-order valence-corrected chi connectivity index (χ1v) is 6.09. The van der Waals surface area contributed by atoms with E-state index in [2.05, 4.69) is 10.1 Å². The molecule has 3 rings (SSSR count). The van der Waals surface area contributed by atoms with Gasteiger partial charge in [-0.25, -0.2) is 18.3 Å². The van der Waals surface area contributed by atoms with Crippen LogP contribution in [0, 0.1) is 11.6 Å². The molecular weight excluding hydrogens is 278 g/mol. The first-order valence-electron chi connectivity index (χ1n) is 6.09. The van der Waals surface area contributed by atoms with E-state index in [0.29, 0.717) is 5.65 Å². The highest BCUT2D eigenvalue weighted by atomic mass is 19.1. The number of hydrogen-bond donors (Lipinski definition) is 0. The number of halogens is 2. The average Bonchev–Trinajstić information content (AvgIpc) is 2.92. The van der Waals surface area contributed by atoms with E-state index in [1.807, 2.05) is 0 Å². The van der Waals surface area contributed by atoms with Crippen molar-refractivity contribution < 1.29 is 13.6 Å². The minimum absolute atomic E-state index is 0.116. The number of carbonyl (C=O) groups excluding carboxylic acids is 1. The molecule has 5 nitrogen and oxygen atoms in total. The van der Waals surface area contributed by atoms with Gasteiger partial charge in [0, 0.05) is 31.2 Å². The van der Waals surface area contributed by atoms with Gasteiger partial charge in [-0.05, 0) is 24.3 Å². The Bertz CT molecular complexity index is 810. The van der Waals surface area contributed by atoms with Crippen molar-refractivity contribution >= 4 is 17.2 Å². The standard InChI is InChI=1S/C14H10F2N4O/c1-19(11-7-9(15)6-10(16)8-11)14(21)12-2-3-13-17-4-5-20(13)18-12/h2-8H,1H3. The molecule has 0 atom stereocenters. The third kappa shape index (κ3) is 2.45. The molecule has 0 radical (unpaired) electrons. The molecule has 0 bridgehead atoms. The van der Waals surface area contributed by atoms with E-state index < -0.39 is 17.5 Å². The zero-order chi connectivity index (χ0) is 15.0. The fraction of sp³-hybridized carbons (Fsp3) is 0.0714. The van der Waals surface area contributed by atoms with Crippen molar-refractivity contribution in [3.05, 3.63) is 60.1 Å². The summed E-state index contributed by atoms with van der Waals surface area (Å²) in [6.07, 6.45) is 3.16. The maximum atomic E-state index is 13.2. The molecule has 1 aromatic carbocycles.